The second kappa shape index (κ2) is 9.33. The summed E-state index contributed by atoms with van der Waals surface area (Å²) in [5, 5.41) is 5.74. The molecule has 0 aromatic heterocycles. The van der Waals surface area contributed by atoms with Gasteiger partial charge in [0.05, 0.1) is 0 Å². The second-order valence-corrected chi connectivity index (χ2v) is 6.97. The number of nitrogens with one attached hydrogen (secondary N) is 2. The van der Waals surface area contributed by atoms with Crippen LogP contribution in [-0.2, 0) is 6.54 Å². The van der Waals surface area contributed by atoms with Crippen LogP contribution in [0.2, 0.25) is 0 Å². The minimum Gasteiger partial charge on any atom is -0.352 e. The number of carbonyl (C=O) groups excluding carboxylic acids is 2. The lowest BCUT2D eigenvalue weighted by atomic mass is 10.1. The number of benzene rings is 2. The quantitative estimate of drug-likeness (QED) is 0.787. The van der Waals surface area contributed by atoms with Gasteiger partial charge in [0, 0.05) is 29.9 Å². The lowest BCUT2D eigenvalue weighted by Gasteiger charge is -2.15. The fourth-order valence-electron chi connectivity index (χ4n) is 3.26. The Labute approximate surface area is 160 Å². The first-order valence-corrected chi connectivity index (χ1v) is 9.66. The fourth-order valence-corrected chi connectivity index (χ4v) is 3.26. The molecule has 0 atom stereocenters. The van der Waals surface area contributed by atoms with E-state index in [1.165, 1.54) is 12.8 Å². The van der Waals surface area contributed by atoms with Gasteiger partial charge in [0.25, 0.3) is 11.8 Å². The maximum Gasteiger partial charge on any atom is 0.255 e. The molecule has 2 amide bonds. The van der Waals surface area contributed by atoms with E-state index in [1.807, 2.05) is 25.1 Å². The van der Waals surface area contributed by atoms with Gasteiger partial charge in [0.15, 0.2) is 0 Å². The summed E-state index contributed by atoms with van der Waals surface area (Å²) in [6.45, 7) is 5.83. The Morgan fingerprint density at radius 3 is 2.41 bits per heavy atom. The number of nitrogens with zero attached hydrogens (tertiary/aromatic N) is 1. The molecule has 5 heteroatoms. The molecule has 0 radical (unpaired) electrons. The van der Waals surface area contributed by atoms with E-state index in [0.717, 1.165) is 31.6 Å². The summed E-state index contributed by atoms with van der Waals surface area (Å²) in [4.78, 5) is 26.9. The summed E-state index contributed by atoms with van der Waals surface area (Å²) in [5.74, 6) is -0.231. The van der Waals surface area contributed by atoms with E-state index in [9.17, 15) is 9.59 Å². The van der Waals surface area contributed by atoms with Gasteiger partial charge in [-0.05, 0) is 74.3 Å². The SMILES string of the molecule is CCCNC(=O)c1ccc(NC(=O)c2cccc(CN3CCCC3)c2)cc1. The third kappa shape index (κ3) is 5.41. The predicted molar refractivity (Wildman–Crippen MR) is 108 cm³/mol. The molecule has 1 fully saturated rings. The fraction of sp³-hybridized carbons (Fsp3) is 0.364. The van der Waals surface area contributed by atoms with Crippen molar-refractivity contribution >= 4 is 17.5 Å². The molecule has 0 saturated carbocycles. The van der Waals surface area contributed by atoms with Gasteiger partial charge in [0.2, 0.25) is 0 Å². The molecular formula is C22H27N3O2. The molecule has 1 saturated heterocycles. The van der Waals surface area contributed by atoms with Crippen molar-refractivity contribution < 1.29 is 9.59 Å². The Hall–Kier alpha value is -2.66. The van der Waals surface area contributed by atoms with Crippen LogP contribution in [0.3, 0.4) is 0 Å². The van der Waals surface area contributed by atoms with E-state index >= 15 is 0 Å². The molecule has 2 aromatic carbocycles. The molecule has 0 unspecified atom stereocenters. The smallest absolute Gasteiger partial charge is 0.255 e. The number of likely N-dealkylation sites (tertiary alicyclic amines) is 1. The number of hydrogen-bond acceptors (Lipinski definition) is 3. The van der Waals surface area contributed by atoms with Crippen LogP contribution in [0.4, 0.5) is 5.69 Å². The van der Waals surface area contributed by atoms with Crippen molar-refractivity contribution in [3.63, 3.8) is 0 Å². The van der Waals surface area contributed by atoms with Crippen LogP contribution in [-0.4, -0.2) is 36.3 Å². The first-order valence-electron chi connectivity index (χ1n) is 9.66. The molecule has 1 aliphatic heterocycles. The van der Waals surface area contributed by atoms with Gasteiger partial charge in [-0.25, -0.2) is 0 Å². The number of amides is 2. The monoisotopic (exact) mass is 365 g/mol. The first kappa shape index (κ1) is 19.1. The summed E-state index contributed by atoms with van der Waals surface area (Å²) >= 11 is 0. The standard InChI is InChI=1S/C22H27N3O2/c1-2-12-23-21(26)18-8-10-20(11-9-18)24-22(27)19-7-5-6-17(15-19)16-25-13-3-4-14-25/h5-11,15H,2-4,12-14,16H2,1H3,(H,23,26)(H,24,27). The average Bonchev–Trinajstić information content (AvgIpc) is 3.20. The number of carbonyl (C=O) groups is 2. The van der Waals surface area contributed by atoms with Crippen LogP contribution in [0, 0.1) is 0 Å². The lowest BCUT2D eigenvalue weighted by molar-refractivity contribution is 0.0953. The molecule has 3 rings (SSSR count). The van der Waals surface area contributed by atoms with E-state index in [2.05, 4.69) is 21.6 Å². The van der Waals surface area contributed by atoms with Crippen molar-refractivity contribution in [2.45, 2.75) is 32.7 Å². The molecule has 1 aliphatic rings. The molecule has 142 valence electrons. The molecule has 2 N–H and O–H groups in total. The largest absolute Gasteiger partial charge is 0.352 e. The minimum absolute atomic E-state index is 0.0932. The van der Waals surface area contributed by atoms with Crippen LogP contribution >= 0.6 is 0 Å². The van der Waals surface area contributed by atoms with Crippen molar-refractivity contribution in [3.8, 4) is 0 Å². The van der Waals surface area contributed by atoms with Gasteiger partial charge in [-0.15, -0.1) is 0 Å². The maximum atomic E-state index is 12.6. The topological polar surface area (TPSA) is 61.4 Å². The Balaban J connectivity index is 1.60. The molecule has 5 nitrogen and oxygen atoms in total. The van der Waals surface area contributed by atoms with Gasteiger partial charge in [-0.3, -0.25) is 14.5 Å². The van der Waals surface area contributed by atoms with Gasteiger partial charge < -0.3 is 10.6 Å². The molecule has 1 heterocycles. The predicted octanol–water partition coefficient (Wildman–Crippen LogP) is 3.67. The van der Waals surface area contributed by atoms with E-state index < -0.39 is 0 Å². The van der Waals surface area contributed by atoms with Crippen molar-refractivity contribution in [1.82, 2.24) is 10.2 Å². The van der Waals surface area contributed by atoms with Crippen molar-refractivity contribution in [2.24, 2.45) is 0 Å². The summed E-state index contributed by atoms with van der Waals surface area (Å²) in [6.07, 6.45) is 3.41. The van der Waals surface area contributed by atoms with E-state index in [4.69, 9.17) is 0 Å². The average molecular weight is 365 g/mol. The number of anilines is 1. The zero-order valence-corrected chi connectivity index (χ0v) is 15.8. The van der Waals surface area contributed by atoms with Crippen molar-refractivity contribution in [1.29, 1.82) is 0 Å². The highest BCUT2D eigenvalue weighted by molar-refractivity contribution is 6.04. The summed E-state index contributed by atoms with van der Waals surface area (Å²) in [6, 6.07) is 14.8. The normalized spacial score (nSPS) is 14.1. The summed E-state index contributed by atoms with van der Waals surface area (Å²) in [5.41, 5.74) is 3.08. The molecule has 27 heavy (non-hydrogen) atoms. The second-order valence-electron chi connectivity index (χ2n) is 6.97. The summed E-state index contributed by atoms with van der Waals surface area (Å²) < 4.78 is 0. The highest BCUT2D eigenvalue weighted by atomic mass is 16.2. The Morgan fingerprint density at radius 1 is 0.963 bits per heavy atom. The van der Waals surface area contributed by atoms with Gasteiger partial charge in [-0.2, -0.15) is 0 Å². The molecule has 0 aliphatic carbocycles. The molecule has 0 bridgehead atoms. The van der Waals surface area contributed by atoms with Gasteiger partial charge >= 0.3 is 0 Å². The molecule has 2 aromatic rings. The van der Waals surface area contributed by atoms with Crippen LogP contribution in [0.1, 0.15) is 52.5 Å². The van der Waals surface area contributed by atoms with Crippen LogP contribution in [0.15, 0.2) is 48.5 Å². The maximum absolute atomic E-state index is 12.6. The number of hydrogen-bond donors (Lipinski definition) is 2. The zero-order chi connectivity index (χ0) is 19.1. The van der Waals surface area contributed by atoms with Crippen LogP contribution in [0.25, 0.3) is 0 Å². The van der Waals surface area contributed by atoms with Gasteiger partial charge in [-0.1, -0.05) is 19.1 Å². The Bertz CT molecular complexity index is 780. The highest BCUT2D eigenvalue weighted by Gasteiger charge is 2.13. The summed E-state index contributed by atoms with van der Waals surface area (Å²) in [7, 11) is 0. The lowest BCUT2D eigenvalue weighted by Crippen LogP contribution is -2.23. The Morgan fingerprint density at radius 2 is 1.70 bits per heavy atom. The van der Waals surface area contributed by atoms with Crippen LogP contribution < -0.4 is 10.6 Å². The first-order chi connectivity index (χ1) is 13.2. The third-order valence-corrected chi connectivity index (χ3v) is 4.73. The van der Waals surface area contributed by atoms with Gasteiger partial charge in [0.1, 0.15) is 0 Å². The van der Waals surface area contributed by atoms with E-state index in [0.29, 0.717) is 23.4 Å². The van der Waals surface area contributed by atoms with E-state index in [-0.39, 0.29) is 11.8 Å². The number of rotatable bonds is 7. The highest BCUT2D eigenvalue weighted by Crippen LogP contribution is 2.16. The zero-order valence-electron chi connectivity index (χ0n) is 15.8. The third-order valence-electron chi connectivity index (χ3n) is 4.73. The molecular weight excluding hydrogens is 338 g/mol. The van der Waals surface area contributed by atoms with Crippen LogP contribution in [0.5, 0.6) is 0 Å². The van der Waals surface area contributed by atoms with Crippen molar-refractivity contribution in [3.05, 3.63) is 65.2 Å². The minimum atomic E-state index is -0.138. The molecule has 0 spiro atoms. The Kier molecular flexibility index (Phi) is 6.60. The van der Waals surface area contributed by atoms with E-state index in [1.54, 1.807) is 24.3 Å². The van der Waals surface area contributed by atoms with Crippen molar-refractivity contribution in [2.75, 3.05) is 25.0 Å².